The van der Waals surface area contributed by atoms with Crippen molar-refractivity contribution in [2.24, 2.45) is 0 Å². The highest BCUT2D eigenvalue weighted by Crippen LogP contribution is 2.33. The van der Waals surface area contributed by atoms with E-state index in [0.29, 0.717) is 5.56 Å². The van der Waals surface area contributed by atoms with Gasteiger partial charge in [0.1, 0.15) is 0 Å². The lowest BCUT2D eigenvalue weighted by Gasteiger charge is -2.15. The van der Waals surface area contributed by atoms with Crippen LogP contribution in [0.4, 0.5) is 13.2 Å². The molecule has 0 radical (unpaired) electrons. The summed E-state index contributed by atoms with van der Waals surface area (Å²) in [6.07, 6.45) is -4.14. The fourth-order valence-corrected chi connectivity index (χ4v) is 0.931. The highest BCUT2D eigenvalue weighted by Gasteiger charge is 2.36. The van der Waals surface area contributed by atoms with Gasteiger partial charge in [0.2, 0.25) is 0 Å². The summed E-state index contributed by atoms with van der Waals surface area (Å²) in [5, 5.41) is 0. The topological polar surface area (TPSA) is 0 Å². The molecule has 3 heteroatoms. The second-order valence-corrected chi connectivity index (χ2v) is 2.67. The van der Waals surface area contributed by atoms with E-state index in [2.05, 4.69) is 0 Å². The van der Waals surface area contributed by atoms with Gasteiger partial charge in [0.15, 0.2) is 0 Å². The number of halogens is 3. The Morgan fingerprint density at radius 2 is 1.25 bits per heavy atom. The van der Waals surface area contributed by atoms with Crippen LogP contribution in [-0.2, 0) is 0 Å². The van der Waals surface area contributed by atoms with E-state index in [4.69, 9.17) is 0 Å². The van der Waals surface area contributed by atoms with E-state index in [-0.39, 0.29) is 0 Å². The molecule has 0 amide bonds. The normalized spacial score (nSPS) is 11.5. The summed E-state index contributed by atoms with van der Waals surface area (Å²) >= 11 is 0. The molecule has 1 aromatic carbocycles. The van der Waals surface area contributed by atoms with Gasteiger partial charge in [0.05, 0.1) is 5.92 Å². The third-order valence-electron chi connectivity index (χ3n) is 1.79. The second kappa shape index (κ2) is 9.25. The van der Waals surface area contributed by atoms with Gasteiger partial charge in [-0.05, 0) is 12.5 Å². The quantitative estimate of drug-likeness (QED) is 0.610. The van der Waals surface area contributed by atoms with Crippen LogP contribution in [0.15, 0.2) is 30.3 Å². The maximum Gasteiger partial charge on any atom is 0.395 e. The SMILES string of the molecule is CC.CC.C[C@H](c1ccccc1)C(F)(F)F. The largest absolute Gasteiger partial charge is 0.395 e. The lowest BCUT2D eigenvalue weighted by molar-refractivity contribution is -0.146. The molecule has 0 heterocycles. The molecule has 0 saturated carbocycles. The highest BCUT2D eigenvalue weighted by molar-refractivity contribution is 5.19. The van der Waals surface area contributed by atoms with Crippen LogP contribution >= 0.6 is 0 Å². The summed E-state index contributed by atoms with van der Waals surface area (Å²) in [4.78, 5) is 0. The van der Waals surface area contributed by atoms with Crippen molar-refractivity contribution in [3.8, 4) is 0 Å². The minimum atomic E-state index is -4.14. The van der Waals surface area contributed by atoms with Crippen LogP contribution in [-0.4, -0.2) is 6.18 Å². The summed E-state index contributed by atoms with van der Waals surface area (Å²) in [6, 6.07) is 7.89. The Hall–Kier alpha value is -0.990. The zero-order valence-corrected chi connectivity index (χ0v) is 10.6. The molecule has 0 saturated heterocycles. The molecule has 0 fully saturated rings. The standard InChI is InChI=1S/C9H9F3.2C2H6/c1-7(9(10,11)12)8-5-3-2-4-6-8;2*1-2/h2-7H,1H3;2*1-2H3/t7-;;/m1../s1. The van der Waals surface area contributed by atoms with Crippen molar-refractivity contribution in [3.63, 3.8) is 0 Å². The molecular formula is C13H21F3. The lowest BCUT2D eigenvalue weighted by atomic mass is 10.0. The average molecular weight is 234 g/mol. The van der Waals surface area contributed by atoms with Gasteiger partial charge in [-0.25, -0.2) is 0 Å². The molecule has 0 aromatic heterocycles. The average Bonchev–Trinajstić information content (AvgIpc) is 2.33. The lowest BCUT2D eigenvalue weighted by Crippen LogP contribution is -2.17. The molecule has 0 nitrogen and oxygen atoms in total. The van der Waals surface area contributed by atoms with Crippen LogP contribution in [0.25, 0.3) is 0 Å². The Bertz CT molecular complexity index is 239. The van der Waals surface area contributed by atoms with Gasteiger partial charge in [-0.1, -0.05) is 58.0 Å². The monoisotopic (exact) mass is 234 g/mol. The number of rotatable bonds is 1. The van der Waals surface area contributed by atoms with E-state index in [9.17, 15) is 13.2 Å². The molecule has 94 valence electrons. The first kappa shape index (κ1) is 17.4. The fraction of sp³-hybridized carbons (Fsp3) is 0.538. The van der Waals surface area contributed by atoms with Crippen molar-refractivity contribution in [3.05, 3.63) is 35.9 Å². The van der Waals surface area contributed by atoms with Crippen molar-refractivity contribution in [1.82, 2.24) is 0 Å². The molecule has 1 rings (SSSR count). The minimum absolute atomic E-state index is 0.310. The third-order valence-corrected chi connectivity index (χ3v) is 1.79. The Morgan fingerprint density at radius 3 is 1.56 bits per heavy atom. The van der Waals surface area contributed by atoms with Crippen LogP contribution in [0.2, 0.25) is 0 Å². The number of benzene rings is 1. The van der Waals surface area contributed by atoms with Crippen molar-refractivity contribution in [2.75, 3.05) is 0 Å². The van der Waals surface area contributed by atoms with Gasteiger partial charge < -0.3 is 0 Å². The Balaban J connectivity index is 0. The fourth-order valence-electron chi connectivity index (χ4n) is 0.931. The van der Waals surface area contributed by atoms with Crippen LogP contribution in [0, 0.1) is 0 Å². The molecule has 0 aliphatic rings. The van der Waals surface area contributed by atoms with Gasteiger partial charge in [0.25, 0.3) is 0 Å². The van der Waals surface area contributed by atoms with Crippen LogP contribution in [0.5, 0.6) is 0 Å². The van der Waals surface area contributed by atoms with E-state index in [1.807, 2.05) is 27.7 Å². The minimum Gasteiger partial charge on any atom is -0.170 e. The van der Waals surface area contributed by atoms with Crippen molar-refractivity contribution < 1.29 is 13.2 Å². The molecule has 0 bridgehead atoms. The number of hydrogen-bond donors (Lipinski definition) is 0. The van der Waals surface area contributed by atoms with Gasteiger partial charge >= 0.3 is 6.18 Å². The number of alkyl halides is 3. The smallest absolute Gasteiger partial charge is 0.170 e. The summed E-state index contributed by atoms with van der Waals surface area (Å²) in [7, 11) is 0. The van der Waals surface area contributed by atoms with E-state index in [1.54, 1.807) is 18.2 Å². The first-order valence-corrected chi connectivity index (χ1v) is 5.63. The molecule has 0 spiro atoms. The van der Waals surface area contributed by atoms with E-state index in [1.165, 1.54) is 12.1 Å². The van der Waals surface area contributed by atoms with E-state index >= 15 is 0 Å². The predicted octanol–water partition coefficient (Wildman–Crippen LogP) is 5.40. The van der Waals surface area contributed by atoms with Crippen LogP contribution in [0.3, 0.4) is 0 Å². The summed E-state index contributed by atoms with van der Waals surface area (Å²) in [6.45, 7) is 9.16. The predicted molar refractivity (Wildman–Crippen MR) is 63.6 cm³/mol. The van der Waals surface area contributed by atoms with Crippen molar-refractivity contribution in [1.29, 1.82) is 0 Å². The first-order valence-electron chi connectivity index (χ1n) is 5.63. The van der Waals surface area contributed by atoms with Crippen molar-refractivity contribution >= 4 is 0 Å². The summed E-state index contributed by atoms with van der Waals surface area (Å²) in [5.74, 6) is -1.38. The van der Waals surface area contributed by atoms with Crippen molar-refractivity contribution in [2.45, 2.75) is 46.7 Å². The Kier molecular flexibility index (Phi) is 10.1. The molecule has 0 unspecified atom stereocenters. The highest BCUT2D eigenvalue weighted by atomic mass is 19.4. The zero-order chi connectivity index (χ0) is 13.2. The van der Waals surface area contributed by atoms with Gasteiger partial charge in [-0.2, -0.15) is 13.2 Å². The van der Waals surface area contributed by atoms with Crippen LogP contribution < -0.4 is 0 Å². The van der Waals surface area contributed by atoms with Crippen LogP contribution in [0.1, 0.15) is 46.1 Å². The van der Waals surface area contributed by atoms with E-state index < -0.39 is 12.1 Å². The molecule has 0 aliphatic heterocycles. The van der Waals surface area contributed by atoms with E-state index in [0.717, 1.165) is 6.92 Å². The number of hydrogen-bond acceptors (Lipinski definition) is 0. The molecule has 16 heavy (non-hydrogen) atoms. The second-order valence-electron chi connectivity index (χ2n) is 2.67. The molecule has 1 aromatic rings. The first-order chi connectivity index (χ1) is 7.52. The van der Waals surface area contributed by atoms with Gasteiger partial charge in [-0.15, -0.1) is 0 Å². The Labute approximate surface area is 96.5 Å². The summed E-state index contributed by atoms with van der Waals surface area (Å²) < 4.78 is 36.4. The molecule has 0 N–H and O–H groups in total. The summed E-state index contributed by atoms with van der Waals surface area (Å²) in [5.41, 5.74) is 0.310. The maximum atomic E-state index is 12.1. The maximum absolute atomic E-state index is 12.1. The third kappa shape index (κ3) is 6.49. The Morgan fingerprint density at radius 1 is 0.875 bits per heavy atom. The van der Waals surface area contributed by atoms with Gasteiger partial charge in [0, 0.05) is 0 Å². The molecule has 0 aliphatic carbocycles. The molecule has 1 atom stereocenters. The zero-order valence-electron chi connectivity index (χ0n) is 10.6. The van der Waals surface area contributed by atoms with Gasteiger partial charge in [-0.3, -0.25) is 0 Å². The molecular weight excluding hydrogens is 213 g/mol.